The van der Waals surface area contributed by atoms with E-state index in [2.05, 4.69) is 41.7 Å². The molecule has 4 rings (SSSR count). The van der Waals surface area contributed by atoms with Crippen LogP contribution in [0, 0.1) is 0 Å². The first kappa shape index (κ1) is 22.3. The Bertz CT molecular complexity index is 889. The number of primary amides is 1. The molecule has 2 N–H and O–H groups in total. The molecule has 0 atom stereocenters. The van der Waals surface area contributed by atoms with Crippen LogP contribution in [0.5, 0.6) is 0 Å². The molecule has 2 aromatic heterocycles. The Kier molecular flexibility index (Phi) is 8.54. The fraction of sp³-hybridized carbons (Fsp3) is 0.429. The molecular formula is C21H30N6O2. The fourth-order valence-corrected chi connectivity index (χ4v) is 3.01. The number of aromatic nitrogens is 4. The van der Waals surface area contributed by atoms with Gasteiger partial charge in [0.25, 0.3) is 0 Å². The van der Waals surface area contributed by atoms with Crippen LogP contribution in [0.3, 0.4) is 0 Å². The highest BCUT2D eigenvalue weighted by atomic mass is 16.5. The second-order valence-electron chi connectivity index (χ2n) is 6.39. The number of amides is 1. The summed E-state index contributed by atoms with van der Waals surface area (Å²) in [7, 11) is 0. The maximum atomic E-state index is 8.58. The van der Waals surface area contributed by atoms with Gasteiger partial charge in [0, 0.05) is 24.7 Å². The number of nitrogens with two attached hydrogens (primary N) is 1. The van der Waals surface area contributed by atoms with Gasteiger partial charge in [0.2, 0.25) is 12.4 Å². The van der Waals surface area contributed by atoms with Gasteiger partial charge in [-0.3, -0.25) is 4.79 Å². The van der Waals surface area contributed by atoms with Crippen molar-refractivity contribution < 1.29 is 9.53 Å². The third-order valence-corrected chi connectivity index (χ3v) is 4.27. The highest BCUT2D eigenvalue weighted by Gasteiger charge is 2.20. The van der Waals surface area contributed by atoms with Crippen molar-refractivity contribution in [3.63, 3.8) is 0 Å². The molecule has 0 aliphatic carbocycles. The molecular weight excluding hydrogens is 368 g/mol. The van der Waals surface area contributed by atoms with Crippen LogP contribution >= 0.6 is 0 Å². The van der Waals surface area contributed by atoms with Crippen LogP contribution in [0.2, 0.25) is 0 Å². The number of hydrogen-bond acceptors (Lipinski definition) is 6. The zero-order valence-electron chi connectivity index (χ0n) is 17.6. The molecule has 8 heteroatoms. The second-order valence-corrected chi connectivity index (χ2v) is 6.39. The summed E-state index contributed by atoms with van der Waals surface area (Å²) < 4.78 is 7.42. The Hall–Kier alpha value is -3.00. The molecule has 0 spiro atoms. The number of morpholine rings is 1. The van der Waals surface area contributed by atoms with Crippen LogP contribution in [-0.4, -0.2) is 52.5 Å². The van der Waals surface area contributed by atoms with Gasteiger partial charge in [-0.25, -0.2) is 9.67 Å². The van der Waals surface area contributed by atoms with E-state index in [-0.39, 0.29) is 12.5 Å². The van der Waals surface area contributed by atoms with Gasteiger partial charge < -0.3 is 15.4 Å². The summed E-state index contributed by atoms with van der Waals surface area (Å²) in [6.45, 7) is 11.3. The SMILES string of the molecule is CC.CC(C)n1ncc2c(-c3ccccc3)nc(N3CCOCC3)nc21.NC=O. The first-order valence-electron chi connectivity index (χ1n) is 9.94. The molecule has 0 radical (unpaired) electrons. The van der Waals surface area contributed by atoms with Crippen molar-refractivity contribution in [1.29, 1.82) is 0 Å². The van der Waals surface area contributed by atoms with E-state index < -0.39 is 0 Å². The van der Waals surface area contributed by atoms with Crippen molar-refractivity contribution in [1.82, 2.24) is 19.7 Å². The normalized spacial score (nSPS) is 13.3. The van der Waals surface area contributed by atoms with E-state index in [0.29, 0.717) is 13.2 Å². The van der Waals surface area contributed by atoms with Gasteiger partial charge in [0.1, 0.15) is 0 Å². The molecule has 1 fully saturated rings. The van der Waals surface area contributed by atoms with Crippen LogP contribution in [-0.2, 0) is 9.53 Å². The van der Waals surface area contributed by atoms with Crippen LogP contribution in [0.4, 0.5) is 5.95 Å². The van der Waals surface area contributed by atoms with Crippen molar-refractivity contribution >= 4 is 23.4 Å². The molecule has 29 heavy (non-hydrogen) atoms. The molecule has 1 amide bonds. The third-order valence-electron chi connectivity index (χ3n) is 4.27. The Labute approximate surface area is 171 Å². The summed E-state index contributed by atoms with van der Waals surface area (Å²) in [6, 6.07) is 10.5. The van der Waals surface area contributed by atoms with Crippen LogP contribution in [0.1, 0.15) is 33.7 Å². The first-order valence-corrected chi connectivity index (χ1v) is 9.94. The minimum absolute atomic E-state index is 0.249. The molecule has 1 saturated heterocycles. The number of hydrogen-bond donors (Lipinski definition) is 1. The van der Waals surface area contributed by atoms with Crippen molar-refractivity contribution in [2.24, 2.45) is 5.73 Å². The smallest absolute Gasteiger partial charge is 0.228 e. The fourth-order valence-electron chi connectivity index (χ4n) is 3.01. The van der Waals surface area contributed by atoms with Gasteiger partial charge in [0.15, 0.2) is 5.65 Å². The van der Waals surface area contributed by atoms with Gasteiger partial charge in [-0.2, -0.15) is 10.1 Å². The predicted octanol–water partition coefficient (Wildman–Crippen LogP) is 3.04. The number of nitrogens with zero attached hydrogens (tertiary/aromatic N) is 5. The van der Waals surface area contributed by atoms with E-state index >= 15 is 0 Å². The lowest BCUT2D eigenvalue weighted by Crippen LogP contribution is -2.37. The third kappa shape index (κ3) is 5.29. The van der Waals surface area contributed by atoms with E-state index in [1.807, 2.05) is 42.9 Å². The summed E-state index contributed by atoms with van der Waals surface area (Å²) in [4.78, 5) is 20.5. The maximum Gasteiger partial charge on any atom is 0.228 e. The number of fused-ring (bicyclic) bond motifs is 1. The number of ether oxygens (including phenoxy) is 1. The van der Waals surface area contributed by atoms with E-state index in [1.165, 1.54) is 0 Å². The molecule has 1 aliphatic rings. The van der Waals surface area contributed by atoms with Crippen molar-refractivity contribution in [2.75, 3.05) is 31.2 Å². The molecule has 0 saturated carbocycles. The number of rotatable bonds is 3. The Morgan fingerprint density at radius 1 is 1.10 bits per heavy atom. The minimum Gasteiger partial charge on any atom is -0.378 e. The number of anilines is 1. The van der Waals surface area contributed by atoms with E-state index in [4.69, 9.17) is 19.5 Å². The second kappa shape index (κ2) is 11.1. The summed E-state index contributed by atoms with van der Waals surface area (Å²) in [5, 5.41) is 5.53. The van der Waals surface area contributed by atoms with Gasteiger partial charge in [0.05, 0.1) is 30.5 Å². The van der Waals surface area contributed by atoms with Gasteiger partial charge in [-0.05, 0) is 13.8 Å². The summed E-state index contributed by atoms with van der Waals surface area (Å²) in [5.74, 6) is 0.757. The zero-order chi connectivity index (χ0) is 21.2. The Morgan fingerprint density at radius 2 is 1.72 bits per heavy atom. The Balaban J connectivity index is 0.000000551. The highest BCUT2D eigenvalue weighted by Crippen LogP contribution is 2.29. The largest absolute Gasteiger partial charge is 0.378 e. The average molecular weight is 399 g/mol. The number of carbonyl (C=O) groups is 1. The van der Waals surface area contributed by atoms with Crippen molar-refractivity contribution in [3.8, 4) is 11.3 Å². The van der Waals surface area contributed by atoms with Gasteiger partial charge >= 0.3 is 0 Å². The van der Waals surface area contributed by atoms with E-state index in [0.717, 1.165) is 41.3 Å². The molecule has 3 aromatic rings. The standard InChI is InChI=1S/C18H21N5O.C2H6.CH3NO/c1-13(2)23-17-15(12-19-23)16(14-6-4-3-5-7-14)20-18(21-17)22-8-10-24-11-9-22;1-2;2-1-3/h3-7,12-13H,8-11H2,1-2H3;1-2H3;1H,(H2,2,3). The first-order chi connectivity index (χ1) is 14.2. The van der Waals surface area contributed by atoms with Crippen LogP contribution in [0.15, 0.2) is 36.5 Å². The van der Waals surface area contributed by atoms with Crippen molar-refractivity contribution in [2.45, 2.75) is 33.7 Å². The molecule has 3 heterocycles. The molecule has 1 aromatic carbocycles. The molecule has 0 unspecified atom stereocenters. The zero-order valence-corrected chi connectivity index (χ0v) is 17.6. The van der Waals surface area contributed by atoms with E-state index in [9.17, 15) is 0 Å². The quantitative estimate of drug-likeness (QED) is 0.681. The molecule has 0 bridgehead atoms. The highest BCUT2D eigenvalue weighted by molar-refractivity contribution is 5.91. The average Bonchev–Trinajstić information content (AvgIpc) is 3.21. The summed E-state index contributed by atoms with van der Waals surface area (Å²) >= 11 is 0. The molecule has 1 aliphatic heterocycles. The predicted molar refractivity (Wildman–Crippen MR) is 116 cm³/mol. The topological polar surface area (TPSA) is 99.2 Å². The lowest BCUT2D eigenvalue weighted by molar-refractivity contribution is -0.106. The lowest BCUT2D eigenvalue weighted by atomic mass is 10.1. The van der Waals surface area contributed by atoms with Crippen LogP contribution < -0.4 is 10.6 Å². The Morgan fingerprint density at radius 3 is 2.31 bits per heavy atom. The van der Waals surface area contributed by atoms with Gasteiger partial charge in [-0.15, -0.1) is 0 Å². The monoisotopic (exact) mass is 398 g/mol. The van der Waals surface area contributed by atoms with Gasteiger partial charge in [-0.1, -0.05) is 44.2 Å². The lowest BCUT2D eigenvalue weighted by Gasteiger charge is -2.27. The minimum atomic E-state index is 0.249. The number of carbonyl (C=O) groups excluding carboxylic acids is 1. The molecule has 156 valence electrons. The van der Waals surface area contributed by atoms with E-state index in [1.54, 1.807) is 0 Å². The summed E-state index contributed by atoms with van der Waals surface area (Å²) in [5.41, 5.74) is 7.08. The molecule has 8 nitrogen and oxygen atoms in total. The van der Waals surface area contributed by atoms with Crippen LogP contribution in [0.25, 0.3) is 22.3 Å². The van der Waals surface area contributed by atoms with Crippen molar-refractivity contribution in [3.05, 3.63) is 36.5 Å². The summed E-state index contributed by atoms with van der Waals surface area (Å²) in [6.07, 6.45) is 2.13. The number of benzene rings is 1. The maximum absolute atomic E-state index is 8.58.